The number of nitrogens with zero attached hydrogens (tertiary/aromatic N) is 1. The second kappa shape index (κ2) is 6.65. The molecule has 1 rings (SSSR count). The molecule has 0 aromatic rings. The topological polar surface area (TPSA) is 76.1 Å². The molecule has 102 valence electrons. The fourth-order valence-electron chi connectivity index (χ4n) is 1.79. The first-order chi connectivity index (χ1) is 7.95. The van der Waals surface area contributed by atoms with Gasteiger partial charge < -0.3 is 14.6 Å². The molecule has 0 bridgehead atoms. The summed E-state index contributed by atoms with van der Waals surface area (Å²) < 4.78 is 35.1. The van der Waals surface area contributed by atoms with Crippen LogP contribution in [0.25, 0.3) is 0 Å². The standard InChI is InChI=1S/C10H21NO5S/c1-11(6-9(12)7-15-2)17(13,14)8-10-4-3-5-16-10/h9-10,12H,3-8H2,1-2H3. The minimum absolute atomic E-state index is 0.0107. The van der Waals surface area contributed by atoms with Crippen molar-refractivity contribution in [3.63, 3.8) is 0 Å². The highest BCUT2D eigenvalue weighted by molar-refractivity contribution is 7.89. The Balaban J connectivity index is 2.44. The van der Waals surface area contributed by atoms with Crippen molar-refractivity contribution in [2.24, 2.45) is 0 Å². The Hall–Kier alpha value is -0.210. The average molecular weight is 267 g/mol. The lowest BCUT2D eigenvalue weighted by molar-refractivity contribution is 0.0551. The lowest BCUT2D eigenvalue weighted by atomic mass is 10.3. The number of hydrogen-bond donors (Lipinski definition) is 1. The molecule has 2 atom stereocenters. The molecule has 0 aliphatic carbocycles. The normalized spacial score (nSPS) is 23.2. The first-order valence-corrected chi connectivity index (χ1v) is 7.29. The summed E-state index contributed by atoms with van der Waals surface area (Å²) in [6.07, 6.45) is 0.690. The van der Waals surface area contributed by atoms with E-state index in [2.05, 4.69) is 0 Å². The van der Waals surface area contributed by atoms with Crippen molar-refractivity contribution >= 4 is 10.0 Å². The fraction of sp³-hybridized carbons (Fsp3) is 1.00. The van der Waals surface area contributed by atoms with Crippen molar-refractivity contribution in [1.29, 1.82) is 0 Å². The van der Waals surface area contributed by atoms with Crippen LogP contribution in [0.2, 0.25) is 0 Å². The molecular formula is C10H21NO5S. The van der Waals surface area contributed by atoms with Crippen molar-refractivity contribution in [1.82, 2.24) is 4.31 Å². The highest BCUT2D eigenvalue weighted by Crippen LogP contribution is 2.15. The number of methoxy groups -OCH3 is 1. The maximum absolute atomic E-state index is 11.9. The zero-order chi connectivity index (χ0) is 12.9. The second-order valence-corrected chi connectivity index (χ2v) is 6.42. The molecule has 17 heavy (non-hydrogen) atoms. The van der Waals surface area contributed by atoms with Crippen LogP contribution in [0.4, 0.5) is 0 Å². The van der Waals surface area contributed by atoms with Gasteiger partial charge in [0.1, 0.15) is 0 Å². The third-order valence-corrected chi connectivity index (χ3v) is 4.61. The molecule has 1 fully saturated rings. The van der Waals surface area contributed by atoms with E-state index in [0.29, 0.717) is 6.61 Å². The van der Waals surface area contributed by atoms with E-state index >= 15 is 0 Å². The molecule has 1 saturated heterocycles. The average Bonchev–Trinajstić information content (AvgIpc) is 2.69. The quantitative estimate of drug-likeness (QED) is 0.669. The molecule has 1 heterocycles. The number of sulfonamides is 1. The lowest BCUT2D eigenvalue weighted by Gasteiger charge is -2.21. The van der Waals surface area contributed by atoms with Crippen LogP contribution in [0.3, 0.4) is 0 Å². The van der Waals surface area contributed by atoms with Crippen LogP contribution in [0.15, 0.2) is 0 Å². The van der Waals surface area contributed by atoms with Crippen LogP contribution in [0.5, 0.6) is 0 Å². The molecule has 0 spiro atoms. The Bertz CT molecular complexity index is 313. The van der Waals surface area contributed by atoms with Gasteiger partial charge in [-0.05, 0) is 12.8 Å². The minimum atomic E-state index is -3.36. The van der Waals surface area contributed by atoms with E-state index in [1.807, 2.05) is 0 Å². The second-order valence-electron chi connectivity index (χ2n) is 4.30. The molecule has 0 aromatic carbocycles. The Morgan fingerprint density at radius 1 is 1.59 bits per heavy atom. The predicted molar refractivity (Wildman–Crippen MR) is 63.3 cm³/mol. The van der Waals surface area contributed by atoms with Gasteiger partial charge in [0.25, 0.3) is 0 Å². The maximum atomic E-state index is 11.9. The number of ether oxygens (including phenoxy) is 2. The predicted octanol–water partition coefficient (Wildman–Crippen LogP) is -0.566. The van der Waals surface area contributed by atoms with Gasteiger partial charge in [0.05, 0.1) is 24.6 Å². The molecule has 1 aliphatic rings. The van der Waals surface area contributed by atoms with E-state index in [-0.39, 0.29) is 25.0 Å². The van der Waals surface area contributed by atoms with Crippen LogP contribution in [0.1, 0.15) is 12.8 Å². The summed E-state index contributed by atoms with van der Waals surface area (Å²) in [6, 6.07) is 0. The Morgan fingerprint density at radius 3 is 2.82 bits per heavy atom. The number of likely N-dealkylation sites (N-methyl/N-ethyl adjacent to an activating group) is 1. The van der Waals surface area contributed by atoms with Gasteiger partial charge in [-0.2, -0.15) is 0 Å². The van der Waals surface area contributed by atoms with Crippen molar-refractivity contribution in [3.8, 4) is 0 Å². The third-order valence-electron chi connectivity index (χ3n) is 2.72. The monoisotopic (exact) mass is 267 g/mol. The lowest BCUT2D eigenvalue weighted by Crippen LogP contribution is -2.39. The molecule has 7 heteroatoms. The van der Waals surface area contributed by atoms with E-state index in [0.717, 1.165) is 12.8 Å². The summed E-state index contributed by atoms with van der Waals surface area (Å²) >= 11 is 0. The molecule has 0 aromatic heterocycles. The van der Waals surface area contributed by atoms with E-state index in [1.54, 1.807) is 0 Å². The van der Waals surface area contributed by atoms with Gasteiger partial charge in [-0.15, -0.1) is 0 Å². The maximum Gasteiger partial charge on any atom is 0.216 e. The molecule has 0 radical (unpaired) electrons. The Labute approximate surface area is 103 Å². The number of rotatable bonds is 7. The Kier molecular flexibility index (Phi) is 5.81. The van der Waals surface area contributed by atoms with Crippen LogP contribution in [-0.4, -0.2) is 69.7 Å². The summed E-state index contributed by atoms with van der Waals surface area (Å²) in [4.78, 5) is 0. The highest BCUT2D eigenvalue weighted by Gasteiger charge is 2.27. The van der Waals surface area contributed by atoms with E-state index in [9.17, 15) is 13.5 Å². The van der Waals surface area contributed by atoms with Gasteiger partial charge in [0.2, 0.25) is 10.0 Å². The largest absolute Gasteiger partial charge is 0.389 e. The Morgan fingerprint density at radius 2 is 2.29 bits per heavy atom. The zero-order valence-electron chi connectivity index (χ0n) is 10.3. The molecule has 6 nitrogen and oxygen atoms in total. The van der Waals surface area contributed by atoms with Gasteiger partial charge in [0.15, 0.2) is 0 Å². The third kappa shape index (κ3) is 4.89. The molecule has 2 unspecified atom stereocenters. The zero-order valence-corrected chi connectivity index (χ0v) is 11.1. The molecular weight excluding hydrogens is 246 g/mol. The van der Waals surface area contributed by atoms with Gasteiger partial charge in [-0.25, -0.2) is 12.7 Å². The molecule has 0 amide bonds. The van der Waals surface area contributed by atoms with Crippen molar-refractivity contribution < 1.29 is 23.0 Å². The summed E-state index contributed by atoms with van der Waals surface area (Å²) in [6.45, 7) is 0.804. The van der Waals surface area contributed by atoms with Crippen LogP contribution in [0, 0.1) is 0 Å². The first-order valence-electron chi connectivity index (χ1n) is 5.68. The van der Waals surface area contributed by atoms with Gasteiger partial charge in [-0.1, -0.05) is 0 Å². The van der Waals surface area contributed by atoms with Crippen molar-refractivity contribution in [2.75, 3.05) is 39.7 Å². The van der Waals surface area contributed by atoms with E-state index in [1.165, 1.54) is 18.5 Å². The van der Waals surface area contributed by atoms with Crippen LogP contribution in [-0.2, 0) is 19.5 Å². The first kappa shape index (κ1) is 14.8. The summed E-state index contributed by atoms with van der Waals surface area (Å²) in [5, 5.41) is 9.48. The molecule has 1 aliphatic heterocycles. The summed E-state index contributed by atoms with van der Waals surface area (Å²) in [5.41, 5.74) is 0. The molecule has 0 saturated carbocycles. The number of hydrogen-bond acceptors (Lipinski definition) is 5. The summed E-state index contributed by atoms with van der Waals surface area (Å²) in [5.74, 6) is -0.0107. The van der Waals surface area contributed by atoms with E-state index in [4.69, 9.17) is 9.47 Å². The smallest absolute Gasteiger partial charge is 0.216 e. The van der Waals surface area contributed by atoms with Crippen molar-refractivity contribution in [2.45, 2.75) is 25.0 Å². The number of aliphatic hydroxyl groups excluding tert-OH is 1. The van der Waals surface area contributed by atoms with Crippen molar-refractivity contribution in [3.05, 3.63) is 0 Å². The van der Waals surface area contributed by atoms with Crippen LogP contribution >= 0.6 is 0 Å². The van der Waals surface area contributed by atoms with Gasteiger partial charge in [-0.3, -0.25) is 0 Å². The molecule has 1 N–H and O–H groups in total. The van der Waals surface area contributed by atoms with E-state index < -0.39 is 16.1 Å². The summed E-state index contributed by atoms with van der Waals surface area (Å²) in [7, 11) is -0.440. The van der Waals surface area contributed by atoms with Gasteiger partial charge in [0, 0.05) is 27.3 Å². The van der Waals surface area contributed by atoms with Crippen LogP contribution < -0.4 is 0 Å². The van der Waals surface area contributed by atoms with Gasteiger partial charge >= 0.3 is 0 Å². The highest BCUT2D eigenvalue weighted by atomic mass is 32.2. The minimum Gasteiger partial charge on any atom is -0.389 e. The number of aliphatic hydroxyl groups is 1. The fourth-order valence-corrected chi connectivity index (χ4v) is 3.18. The SMILES string of the molecule is COCC(O)CN(C)S(=O)(=O)CC1CCCO1.